The zero-order valence-corrected chi connectivity index (χ0v) is 12.1. The van der Waals surface area contributed by atoms with E-state index in [4.69, 9.17) is 4.74 Å². The van der Waals surface area contributed by atoms with Crippen LogP contribution in [0.4, 0.5) is 5.82 Å². The number of nitrogens with one attached hydrogen (secondary N) is 1. The maximum absolute atomic E-state index is 5.79. The van der Waals surface area contributed by atoms with Crippen LogP contribution in [-0.2, 0) is 0 Å². The molecular weight excluding hydrogens is 294 g/mol. The first-order chi connectivity index (χ1) is 8.60. The zero-order valence-electron chi connectivity index (χ0n) is 10.5. The molecule has 0 aliphatic heterocycles. The molecule has 94 valence electrons. The first-order valence-electron chi connectivity index (χ1n) is 5.56. The Morgan fingerprint density at radius 2 is 2.00 bits per heavy atom. The van der Waals surface area contributed by atoms with Crippen molar-refractivity contribution in [3.05, 3.63) is 40.1 Å². The van der Waals surface area contributed by atoms with Gasteiger partial charge < -0.3 is 10.1 Å². The largest absolute Gasteiger partial charge is 0.439 e. The van der Waals surface area contributed by atoms with Crippen LogP contribution in [0.3, 0.4) is 0 Å². The summed E-state index contributed by atoms with van der Waals surface area (Å²) in [4.78, 5) is 8.62. The van der Waals surface area contributed by atoms with E-state index >= 15 is 0 Å². The summed E-state index contributed by atoms with van der Waals surface area (Å²) in [5.41, 5.74) is 0.892. The number of aromatic nitrogens is 2. The van der Waals surface area contributed by atoms with Gasteiger partial charge >= 0.3 is 0 Å². The van der Waals surface area contributed by atoms with Crippen molar-refractivity contribution in [1.82, 2.24) is 9.97 Å². The van der Waals surface area contributed by atoms with E-state index in [1.54, 1.807) is 0 Å². The van der Waals surface area contributed by atoms with Gasteiger partial charge in [-0.1, -0.05) is 22.0 Å². The molecule has 0 saturated carbocycles. The van der Waals surface area contributed by atoms with E-state index in [0.717, 1.165) is 21.6 Å². The van der Waals surface area contributed by atoms with Crippen molar-refractivity contribution in [2.24, 2.45) is 0 Å². The Balaban J connectivity index is 2.37. The molecule has 0 radical (unpaired) electrons. The minimum Gasteiger partial charge on any atom is -0.439 e. The predicted octanol–water partition coefficient (Wildman–Crippen LogP) is 3.69. The average molecular weight is 308 g/mol. The van der Waals surface area contributed by atoms with Crippen LogP contribution < -0.4 is 10.1 Å². The third-order valence-corrected chi connectivity index (χ3v) is 2.95. The Bertz CT molecular complexity index is 572. The number of aryl methyl sites for hydroxylation is 1. The molecule has 1 heterocycles. The normalized spacial score (nSPS) is 10.2. The fourth-order valence-electron chi connectivity index (χ4n) is 1.59. The van der Waals surface area contributed by atoms with Gasteiger partial charge in [-0.2, -0.15) is 4.98 Å². The Morgan fingerprint density at radius 1 is 1.22 bits per heavy atom. The summed E-state index contributed by atoms with van der Waals surface area (Å²) in [6, 6.07) is 7.66. The molecular formula is C13H14BrN3O. The highest BCUT2D eigenvalue weighted by Crippen LogP contribution is 2.28. The molecule has 1 aromatic heterocycles. The van der Waals surface area contributed by atoms with Gasteiger partial charge in [-0.3, -0.25) is 0 Å². The number of hydrogen-bond donors (Lipinski definition) is 1. The van der Waals surface area contributed by atoms with Crippen molar-refractivity contribution in [3.8, 4) is 11.6 Å². The number of ether oxygens (including phenoxy) is 1. The van der Waals surface area contributed by atoms with Crippen molar-refractivity contribution in [2.45, 2.75) is 13.8 Å². The first-order valence-corrected chi connectivity index (χ1v) is 6.36. The highest BCUT2D eigenvalue weighted by atomic mass is 79.9. The number of hydrogen-bond acceptors (Lipinski definition) is 4. The molecule has 0 atom stereocenters. The van der Waals surface area contributed by atoms with Gasteiger partial charge in [-0.25, -0.2) is 4.98 Å². The lowest BCUT2D eigenvalue weighted by atomic mass is 10.3. The van der Waals surface area contributed by atoms with Gasteiger partial charge in [0.25, 0.3) is 0 Å². The zero-order chi connectivity index (χ0) is 13.1. The molecule has 1 N–H and O–H groups in total. The van der Waals surface area contributed by atoms with Gasteiger partial charge in [0.2, 0.25) is 5.88 Å². The standard InChI is InChI=1S/C13H14BrN3O/c1-8-12(15-3)16-9(2)17-13(8)18-11-6-4-5-10(14)7-11/h4-7H,1-3H3,(H,15,16,17). The van der Waals surface area contributed by atoms with Crippen molar-refractivity contribution in [1.29, 1.82) is 0 Å². The molecule has 2 rings (SSSR count). The number of nitrogens with zero attached hydrogens (tertiary/aromatic N) is 2. The third kappa shape index (κ3) is 2.79. The van der Waals surface area contributed by atoms with Crippen LogP contribution in [0.15, 0.2) is 28.7 Å². The van der Waals surface area contributed by atoms with E-state index in [0.29, 0.717) is 11.7 Å². The Morgan fingerprint density at radius 3 is 2.67 bits per heavy atom. The smallest absolute Gasteiger partial charge is 0.227 e. The van der Waals surface area contributed by atoms with Crippen LogP contribution in [0.5, 0.6) is 11.6 Å². The molecule has 4 nitrogen and oxygen atoms in total. The molecule has 0 fully saturated rings. The molecule has 5 heteroatoms. The molecule has 0 aliphatic carbocycles. The maximum atomic E-state index is 5.79. The minimum absolute atomic E-state index is 0.574. The Kier molecular flexibility index (Phi) is 3.81. The summed E-state index contributed by atoms with van der Waals surface area (Å²) in [6.45, 7) is 3.77. The van der Waals surface area contributed by atoms with E-state index in [-0.39, 0.29) is 0 Å². The second-order valence-electron chi connectivity index (χ2n) is 3.86. The van der Waals surface area contributed by atoms with E-state index < -0.39 is 0 Å². The summed E-state index contributed by atoms with van der Waals surface area (Å²) >= 11 is 3.41. The molecule has 2 aromatic rings. The fraction of sp³-hybridized carbons (Fsp3) is 0.231. The Hall–Kier alpha value is -1.62. The van der Waals surface area contributed by atoms with E-state index in [1.165, 1.54) is 0 Å². The summed E-state index contributed by atoms with van der Waals surface area (Å²) in [5.74, 6) is 2.78. The van der Waals surface area contributed by atoms with Crippen molar-refractivity contribution in [3.63, 3.8) is 0 Å². The third-order valence-electron chi connectivity index (χ3n) is 2.46. The molecule has 0 unspecified atom stereocenters. The lowest BCUT2D eigenvalue weighted by Crippen LogP contribution is -2.02. The van der Waals surface area contributed by atoms with Crippen molar-refractivity contribution in [2.75, 3.05) is 12.4 Å². The first kappa shape index (κ1) is 12.8. The van der Waals surface area contributed by atoms with Crippen LogP contribution in [-0.4, -0.2) is 17.0 Å². The number of benzene rings is 1. The lowest BCUT2D eigenvalue weighted by Gasteiger charge is -2.11. The second-order valence-corrected chi connectivity index (χ2v) is 4.77. The molecule has 0 bridgehead atoms. The predicted molar refractivity (Wildman–Crippen MR) is 75.3 cm³/mol. The molecule has 0 saturated heterocycles. The van der Waals surface area contributed by atoms with E-state index in [2.05, 4.69) is 31.2 Å². The summed E-state index contributed by atoms with van der Waals surface area (Å²) in [5, 5.41) is 3.03. The maximum Gasteiger partial charge on any atom is 0.227 e. The average Bonchev–Trinajstić information content (AvgIpc) is 2.33. The van der Waals surface area contributed by atoms with Gasteiger partial charge in [0.05, 0.1) is 5.56 Å². The monoisotopic (exact) mass is 307 g/mol. The van der Waals surface area contributed by atoms with Gasteiger partial charge in [0, 0.05) is 11.5 Å². The van der Waals surface area contributed by atoms with Crippen molar-refractivity contribution < 1.29 is 4.74 Å². The summed E-state index contributed by atoms with van der Waals surface area (Å²) in [7, 11) is 1.83. The second kappa shape index (κ2) is 5.35. The quantitative estimate of drug-likeness (QED) is 0.939. The highest BCUT2D eigenvalue weighted by molar-refractivity contribution is 9.10. The molecule has 0 amide bonds. The van der Waals surface area contributed by atoms with Crippen LogP contribution in [0.1, 0.15) is 11.4 Å². The van der Waals surface area contributed by atoms with Crippen LogP contribution >= 0.6 is 15.9 Å². The van der Waals surface area contributed by atoms with Gasteiger partial charge in [0.1, 0.15) is 17.4 Å². The minimum atomic E-state index is 0.574. The van der Waals surface area contributed by atoms with Crippen molar-refractivity contribution >= 4 is 21.7 Å². The summed E-state index contributed by atoms with van der Waals surface area (Å²) in [6.07, 6.45) is 0. The van der Waals surface area contributed by atoms with Gasteiger partial charge in [-0.15, -0.1) is 0 Å². The fourth-order valence-corrected chi connectivity index (χ4v) is 1.97. The Labute approximate surface area is 115 Å². The van der Waals surface area contributed by atoms with Gasteiger partial charge in [0.15, 0.2) is 0 Å². The van der Waals surface area contributed by atoms with E-state index in [9.17, 15) is 0 Å². The van der Waals surface area contributed by atoms with E-state index in [1.807, 2.05) is 45.2 Å². The molecule has 0 spiro atoms. The molecule has 1 aromatic carbocycles. The van der Waals surface area contributed by atoms with Crippen LogP contribution in [0, 0.1) is 13.8 Å². The number of rotatable bonds is 3. The van der Waals surface area contributed by atoms with Gasteiger partial charge in [-0.05, 0) is 32.0 Å². The summed E-state index contributed by atoms with van der Waals surface area (Å²) < 4.78 is 6.76. The molecule has 0 aliphatic rings. The van der Waals surface area contributed by atoms with Crippen LogP contribution in [0.25, 0.3) is 0 Å². The van der Waals surface area contributed by atoms with Crippen LogP contribution in [0.2, 0.25) is 0 Å². The number of anilines is 1. The number of halogens is 1. The lowest BCUT2D eigenvalue weighted by molar-refractivity contribution is 0.456. The SMILES string of the molecule is CNc1nc(C)nc(Oc2cccc(Br)c2)c1C. The topological polar surface area (TPSA) is 47.0 Å². The molecule has 18 heavy (non-hydrogen) atoms. The highest BCUT2D eigenvalue weighted by Gasteiger charge is 2.10.